The molecule has 0 aromatic carbocycles. The van der Waals surface area contributed by atoms with Crippen LogP contribution in [0, 0.1) is 5.92 Å². The van der Waals surface area contributed by atoms with E-state index in [-0.39, 0.29) is 0 Å². The molecular formula is C13H26N2O2. The number of nitrogens with zero attached hydrogens (tertiary/aromatic N) is 1. The molecule has 100 valence electrons. The molecule has 0 saturated heterocycles. The maximum Gasteiger partial charge on any atom is 0.0968 e. The summed E-state index contributed by atoms with van der Waals surface area (Å²) in [7, 11) is 1.68. The smallest absolute Gasteiger partial charge is 0.0968 e. The summed E-state index contributed by atoms with van der Waals surface area (Å²) in [6, 6.07) is 0. The maximum absolute atomic E-state index is 6.00. The molecule has 1 fully saturated rings. The first-order chi connectivity index (χ1) is 8.34. The molecule has 4 heteroatoms. The van der Waals surface area contributed by atoms with E-state index in [0.29, 0.717) is 19.1 Å². The second kappa shape index (κ2) is 9.42. The lowest BCUT2D eigenvalue weighted by atomic mass is 9.88. The molecule has 1 aliphatic carbocycles. The van der Waals surface area contributed by atoms with E-state index in [4.69, 9.17) is 15.2 Å². The zero-order chi connectivity index (χ0) is 12.3. The SMILES string of the molecule is COCCOCCCN=C(N)C1CCCCC1. The first kappa shape index (κ1) is 14.5. The van der Waals surface area contributed by atoms with Gasteiger partial charge in [-0.05, 0) is 19.3 Å². The average Bonchev–Trinajstić information content (AvgIpc) is 2.38. The van der Waals surface area contributed by atoms with Crippen LogP contribution in [0.2, 0.25) is 0 Å². The third-order valence-electron chi connectivity index (χ3n) is 3.20. The van der Waals surface area contributed by atoms with Crippen molar-refractivity contribution in [2.24, 2.45) is 16.6 Å². The van der Waals surface area contributed by atoms with Gasteiger partial charge in [0.15, 0.2) is 0 Å². The summed E-state index contributed by atoms with van der Waals surface area (Å²) in [6.07, 6.45) is 7.36. The van der Waals surface area contributed by atoms with Gasteiger partial charge in [-0.1, -0.05) is 19.3 Å². The van der Waals surface area contributed by atoms with Crippen LogP contribution in [0.4, 0.5) is 0 Å². The van der Waals surface area contributed by atoms with E-state index in [2.05, 4.69) is 4.99 Å². The Morgan fingerprint density at radius 1 is 1.18 bits per heavy atom. The number of rotatable bonds is 8. The zero-order valence-electron chi connectivity index (χ0n) is 11.0. The van der Waals surface area contributed by atoms with Crippen molar-refractivity contribution in [3.8, 4) is 0 Å². The van der Waals surface area contributed by atoms with Gasteiger partial charge in [-0.15, -0.1) is 0 Å². The normalized spacial score (nSPS) is 18.5. The van der Waals surface area contributed by atoms with Gasteiger partial charge < -0.3 is 15.2 Å². The molecule has 4 nitrogen and oxygen atoms in total. The Bertz CT molecular complexity index is 213. The quantitative estimate of drug-likeness (QED) is 0.402. The highest BCUT2D eigenvalue weighted by Gasteiger charge is 2.16. The molecule has 0 aliphatic heterocycles. The monoisotopic (exact) mass is 242 g/mol. The topological polar surface area (TPSA) is 56.8 Å². The van der Waals surface area contributed by atoms with E-state index >= 15 is 0 Å². The second-order valence-corrected chi connectivity index (χ2v) is 4.60. The molecule has 0 aromatic heterocycles. The molecule has 0 heterocycles. The van der Waals surface area contributed by atoms with E-state index in [1.807, 2.05) is 0 Å². The van der Waals surface area contributed by atoms with Crippen molar-refractivity contribution in [1.29, 1.82) is 0 Å². The highest BCUT2D eigenvalue weighted by molar-refractivity contribution is 5.82. The highest BCUT2D eigenvalue weighted by atomic mass is 16.5. The van der Waals surface area contributed by atoms with E-state index in [1.54, 1.807) is 7.11 Å². The fourth-order valence-corrected chi connectivity index (χ4v) is 2.15. The van der Waals surface area contributed by atoms with E-state index in [9.17, 15) is 0 Å². The van der Waals surface area contributed by atoms with Crippen molar-refractivity contribution in [2.45, 2.75) is 38.5 Å². The minimum absolute atomic E-state index is 0.540. The summed E-state index contributed by atoms with van der Waals surface area (Å²) < 4.78 is 10.3. The lowest BCUT2D eigenvalue weighted by Crippen LogP contribution is -2.26. The van der Waals surface area contributed by atoms with Crippen molar-refractivity contribution in [3.05, 3.63) is 0 Å². The number of hydrogen-bond donors (Lipinski definition) is 1. The van der Waals surface area contributed by atoms with Crippen molar-refractivity contribution in [1.82, 2.24) is 0 Å². The minimum Gasteiger partial charge on any atom is -0.387 e. The summed E-state index contributed by atoms with van der Waals surface area (Å²) in [4.78, 5) is 4.45. The Balaban J connectivity index is 2.02. The molecule has 0 aromatic rings. The first-order valence-corrected chi connectivity index (χ1v) is 6.71. The summed E-state index contributed by atoms with van der Waals surface area (Å²) in [5.41, 5.74) is 6.00. The summed E-state index contributed by atoms with van der Waals surface area (Å²) in [5.74, 6) is 1.40. The van der Waals surface area contributed by atoms with Crippen LogP contribution in [0.5, 0.6) is 0 Å². The molecule has 0 radical (unpaired) electrons. The fraction of sp³-hybridized carbons (Fsp3) is 0.923. The number of aliphatic imine (C=N–C) groups is 1. The van der Waals surface area contributed by atoms with Crippen LogP contribution >= 0.6 is 0 Å². The number of hydrogen-bond acceptors (Lipinski definition) is 3. The zero-order valence-corrected chi connectivity index (χ0v) is 11.0. The summed E-state index contributed by atoms with van der Waals surface area (Å²) in [6.45, 7) is 2.85. The van der Waals surface area contributed by atoms with Crippen molar-refractivity contribution in [2.75, 3.05) is 33.5 Å². The molecule has 1 saturated carbocycles. The molecule has 0 atom stereocenters. The Hall–Kier alpha value is -0.610. The summed E-state index contributed by atoms with van der Waals surface area (Å²) in [5, 5.41) is 0. The number of amidine groups is 1. The standard InChI is InChI=1S/C13H26N2O2/c1-16-10-11-17-9-5-8-15-13(14)12-6-3-2-4-7-12/h12H,2-11H2,1H3,(H2,14,15). The molecule has 1 rings (SSSR count). The van der Waals surface area contributed by atoms with E-state index < -0.39 is 0 Å². The van der Waals surface area contributed by atoms with Gasteiger partial charge in [-0.25, -0.2) is 0 Å². The van der Waals surface area contributed by atoms with Gasteiger partial charge in [0.05, 0.1) is 19.0 Å². The minimum atomic E-state index is 0.540. The first-order valence-electron chi connectivity index (χ1n) is 6.71. The lowest BCUT2D eigenvalue weighted by molar-refractivity contribution is 0.0702. The average molecular weight is 242 g/mol. The van der Waals surface area contributed by atoms with Gasteiger partial charge in [0.25, 0.3) is 0 Å². The molecule has 0 bridgehead atoms. The predicted octanol–water partition coefficient (Wildman–Crippen LogP) is 1.98. The van der Waals surface area contributed by atoms with Gasteiger partial charge in [-0.2, -0.15) is 0 Å². The van der Waals surface area contributed by atoms with Crippen LogP contribution in [0.3, 0.4) is 0 Å². The van der Waals surface area contributed by atoms with Gasteiger partial charge in [0, 0.05) is 26.2 Å². The molecule has 2 N–H and O–H groups in total. The molecule has 0 amide bonds. The predicted molar refractivity (Wildman–Crippen MR) is 70.4 cm³/mol. The van der Waals surface area contributed by atoms with Gasteiger partial charge in [0.1, 0.15) is 0 Å². The third-order valence-corrected chi connectivity index (χ3v) is 3.20. The molecule has 17 heavy (non-hydrogen) atoms. The van der Waals surface area contributed by atoms with Crippen molar-refractivity contribution >= 4 is 5.84 Å². The number of ether oxygens (including phenoxy) is 2. The van der Waals surface area contributed by atoms with Crippen LogP contribution in [0.1, 0.15) is 38.5 Å². The Labute approximate surface area is 105 Å². The highest BCUT2D eigenvalue weighted by Crippen LogP contribution is 2.23. The second-order valence-electron chi connectivity index (χ2n) is 4.60. The van der Waals surface area contributed by atoms with Crippen molar-refractivity contribution in [3.63, 3.8) is 0 Å². The fourth-order valence-electron chi connectivity index (χ4n) is 2.15. The number of nitrogens with two attached hydrogens (primary N) is 1. The third kappa shape index (κ3) is 6.64. The van der Waals surface area contributed by atoms with E-state index in [1.165, 1.54) is 32.1 Å². The van der Waals surface area contributed by atoms with Gasteiger partial charge >= 0.3 is 0 Å². The van der Waals surface area contributed by atoms with Crippen LogP contribution in [-0.4, -0.2) is 39.3 Å². The maximum atomic E-state index is 6.00. The molecule has 1 aliphatic rings. The van der Waals surface area contributed by atoms with Crippen LogP contribution in [-0.2, 0) is 9.47 Å². The summed E-state index contributed by atoms with van der Waals surface area (Å²) >= 11 is 0. The number of methoxy groups -OCH3 is 1. The van der Waals surface area contributed by atoms with Crippen LogP contribution < -0.4 is 5.73 Å². The van der Waals surface area contributed by atoms with E-state index in [0.717, 1.165) is 25.4 Å². The van der Waals surface area contributed by atoms with Crippen LogP contribution in [0.15, 0.2) is 4.99 Å². The van der Waals surface area contributed by atoms with Gasteiger partial charge in [0.2, 0.25) is 0 Å². The molecule has 0 spiro atoms. The van der Waals surface area contributed by atoms with Gasteiger partial charge in [-0.3, -0.25) is 4.99 Å². The van der Waals surface area contributed by atoms with Crippen LogP contribution in [0.25, 0.3) is 0 Å². The largest absolute Gasteiger partial charge is 0.387 e. The molecular weight excluding hydrogens is 216 g/mol. The Morgan fingerprint density at radius 2 is 1.94 bits per heavy atom. The van der Waals surface area contributed by atoms with Crippen molar-refractivity contribution < 1.29 is 9.47 Å². The Kier molecular flexibility index (Phi) is 8.01. The lowest BCUT2D eigenvalue weighted by Gasteiger charge is -2.20. The Morgan fingerprint density at radius 3 is 2.65 bits per heavy atom. The molecule has 0 unspecified atom stereocenters.